The number of carboxylic acids is 1. The molecule has 2 fully saturated rings. The molecule has 2 saturated heterocycles. The zero-order chi connectivity index (χ0) is 11.3. The van der Waals surface area contributed by atoms with E-state index in [9.17, 15) is 9.59 Å². The van der Waals surface area contributed by atoms with Crippen LogP contribution < -0.4 is 0 Å². The third-order valence-corrected chi connectivity index (χ3v) is 3.96. The van der Waals surface area contributed by atoms with Crippen molar-refractivity contribution in [2.24, 2.45) is 0 Å². The molecule has 0 aromatic carbocycles. The summed E-state index contributed by atoms with van der Waals surface area (Å²) in [6, 6.07) is 0. The lowest BCUT2D eigenvalue weighted by Gasteiger charge is -2.36. The van der Waals surface area contributed by atoms with Gasteiger partial charge < -0.3 is 14.6 Å². The van der Waals surface area contributed by atoms with Crippen LogP contribution in [0.3, 0.4) is 0 Å². The number of rotatable bonds is 2. The third-order valence-electron chi connectivity index (χ3n) is 2.69. The van der Waals surface area contributed by atoms with Crippen molar-refractivity contribution in [1.82, 2.24) is 4.90 Å². The highest BCUT2D eigenvalue weighted by molar-refractivity contribution is 8.04. The molecule has 1 N–H and O–H groups in total. The summed E-state index contributed by atoms with van der Waals surface area (Å²) in [6.07, 6.45) is -0.314. The van der Waals surface area contributed by atoms with Crippen molar-refractivity contribution >= 4 is 23.6 Å². The summed E-state index contributed by atoms with van der Waals surface area (Å²) in [5, 5.41) is 8.98. The monoisotopic (exact) mass is 243 g/mol. The Hall–Kier alpha value is -1.05. The fraction of sp³-hybridized carbons (Fsp3) is 0.556. The molecule has 0 aromatic rings. The molecule has 3 heterocycles. The van der Waals surface area contributed by atoms with Crippen molar-refractivity contribution in [3.63, 3.8) is 0 Å². The predicted molar refractivity (Wildman–Crippen MR) is 53.2 cm³/mol. The Morgan fingerprint density at radius 1 is 1.44 bits per heavy atom. The van der Waals surface area contributed by atoms with Gasteiger partial charge in [-0.05, 0) is 0 Å². The predicted octanol–water partition coefficient (Wildman–Crippen LogP) is -0.0393. The molecule has 3 rings (SSSR count). The summed E-state index contributed by atoms with van der Waals surface area (Å²) in [4.78, 5) is 24.1. The van der Waals surface area contributed by atoms with Gasteiger partial charge in [-0.2, -0.15) is 0 Å². The number of aliphatic carboxylic acids is 1. The highest BCUT2D eigenvalue weighted by Gasteiger charge is 2.51. The van der Waals surface area contributed by atoms with Crippen LogP contribution in [-0.4, -0.2) is 46.8 Å². The Morgan fingerprint density at radius 2 is 2.12 bits per heavy atom. The molecule has 3 aliphatic heterocycles. The first kappa shape index (κ1) is 10.1. The van der Waals surface area contributed by atoms with Gasteiger partial charge in [0.2, 0.25) is 12.2 Å². The smallest absolute Gasteiger partial charge is 0.344 e. The van der Waals surface area contributed by atoms with Crippen molar-refractivity contribution in [2.75, 3.05) is 13.2 Å². The summed E-state index contributed by atoms with van der Waals surface area (Å²) in [5.74, 6) is -1.09. The molecule has 1 atom stereocenters. The van der Waals surface area contributed by atoms with Crippen LogP contribution >= 0.6 is 11.8 Å². The summed E-state index contributed by atoms with van der Waals surface area (Å²) < 4.78 is 10.5. The zero-order valence-corrected chi connectivity index (χ0v) is 9.03. The lowest BCUT2D eigenvalue weighted by Crippen LogP contribution is -2.49. The van der Waals surface area contributed by atoms with E-state index in [1.807, 2.05) is 0 Å². The molecule has 0 saturated carbocycles. The number of β-lactam (4-membered cyclic amide) rings is 1. The highest BCUT2D eigenvalue weighted by Crippen LogP contribution is 2.48. The topological polar surface area (TPSA) is 76.1 Å². The molecule has 0 spiro atoms. The Bertz CT molecular complexity index is 401. The quantitative estimate of drug-likeness (QED) is 0.686. The molecule has 0 unspecified atom stereocenters. The minimum atomic E-state index is -1.03. The molecule has 0 radical (unpaired) electrons. The van der Waals surface area contributed by atoms with Crippen molar-refractivity contribution in [3.8, 4) is 0 Å². The van der Waals surface area contributed by atoms with Crippen LogP contribution in [0.5, 0.6) is 0 Å². The van der Waals surface area contributed by atoms with Gasteiger partial charge in [0.05, 0.1) is 30.7 Å². The number of ether oxygens (including phenoxy) is 2. The molecular weight excluding hydrogens is 234 g/mol. The average Bonchev–Trinajstić information content (AvgIpc) is 2.80. The van der Waals surface area contributed by atoms with E-state index in [0.717, 1.165) is 0 Å². The van der Waals surface area contributed by atoms with Gasteiger partial charge in [0.25, 0.3) is 0 Å². The molecule has 6 nitrogen and oxygen atoms in total. The second-order valence-electron chi connectivity index (χ2n) is 3.63. The summed E-state index contributed by atoms with van der Waals surface area (Å²) >= 11 is 1.19. The number of hydrogen-bond donors (Lipinski definition) is 1. The first-order valence-corrected chi connectivity index (χ1v) is 5.76. The lowest BCUT2D eigenvalue weighted by atomic mass is 10.1. The standard InChI is InChI=1S/C9H9NO5S/c11-4-3-5-10(4)6(7(16-5)8(12)13)9-14-1-2-15-9/h5,9H,1-3H2,(H,12,13)/t5-/m1/s1. The Kier molecular flexibility index (Phi) is 2.20. The number of nitrogens with zero attached hydrogens (tertiary/aromatic N) is 1. The Morgan fingerprint density at radius 3 is 2.69 bits per heavy atom. The van der Waals surface area contributed by atoms with E-state index in [-0.39, 0.29) is 16.2 Å². The Labute approximate surface area is 95.2 Å². The number of carbonyl (C=O) groups is 2. The first-order chi connectivity index (χ1) is 7.68. The largest absolute Gasteiger partial charge is 0.477 e. The van der Waals surface area contributed by atoms with Crippen LogP contribution in [0.4, 0.5) is 0 Å². The van der Waals surface area contributed by atoms with E-state index in [4.69, 9.17) is 14.6 Å². The molecule has 1 amide bonds. The van der Waals surface area contributed by atoms with E-state index < -0.39 is 12.3 Å². The van der Waals surface area contributed by atoms with Crippen LogP contribution in [0.2, 0.25) is 0 Å². The van der Waals surface area contributed by atoms with E-state index in [1.54, 1.807) is 0 Å². The average molecular weight is 243 g/mol. The van der Waals surface area contributed by atoms with Crippen molar-refractivity contribution < 1.29 is 24.2 Å². The minimum absolute atomic E-state index is 0.0668. The van der Waals surface area contributed by atoms with Gasteiger partial charge in [0, 0.05) is 0 Å². The highest BCUT2D eigenvalue weighted by atomic mass is 32.2. The van der Waals surface area contributed by atoms with Crippen LogP contribution in [0, 0.1) is 0 Å². The fourth-order valence-electron chi connectivity index (χ4n) is 1.97. The number of carbonyl (C=O) groups excluding carboxylic acids is 1. The molecule has 0 bridgehead atoms. The Balaban J connectivity index is 1.96. The molecule has 7 heteroatoms. The van der Waals surface area contributed by atoms with Crippen LogP contribution in [0.1, 0.15) is 6.42 Å². The van der Waals surface area contributed by atoms with Crippen molar-refractivity contribution in [3.05, 3.63) is 10.6 Å². The second-order valence-corrected chi connectivity index (χ2v) is 4.82. The van der Waals surface area contributed by atoms with E-state index >= 15 is 0 Å². The van der Waals surface area contributed by atoms with Gasteiger partial charge in [-0.15, -0.1) is 0 Å². The number of hydrogen-bond acceptors (Lipinski definition) is 5. The maximum atomic E-state index is 11.4. The van der Waals surface area contributed by atoms with Gasteiger partial charge in [-0.25, -0.2) is 4.79 Å². The maximum Gasteiger partial charge on any atom is 0.344 e. The van der Waals surface area contributed by atoms with Gasteiger partial charge >= 0.3 is 5.97 Å². The van der Waals surface area contributed by atoms with Crippen LogP contribution in [-0.2, 0) is 19.1 Å². The van der Waals surface area contributed by atoms with E-state index in [2.05, 4.69) is 0 Å². The van der Waals surface area contributed by atoms with Gasteiger partial charge in [0.15, 0.2) is 0 Å². The number of fused-ring (bicyclic) bond motifs is 1. The summed E-state index contributed by atoms with van der Waals surface area (Å²) in [5.41, 5.74) is 0.372. The lowest BCUT2D eigenvalue weighted by molar-refractivity contribution is -0.142. The molecule has 3 aliphatic rings. The fourth-order valence-corrected chi connectivity index (χ4v) is 3.22. The molecule has 16 heavy (non-hydrogen) atoms. The number of carboxylic acid groups (broad SMARTS) is 1. The van der Waals surface area contributed by atoms with Crippen molar-refractivity contribution in [2.45, 2.75) is 18.1 Å². The van der Waals surface area contributed by atoms with Gasteiger partial charge in [-0.1, -0.05) is 11.8 Å². The van der Waals surface area contributed by atoms with E-state index in [1.165, 1.54) is 16.7 Å². The number of amides is 1. The minimum Gasteiger partial charge on any atom is -0.477 e. The molecular formula is C9H9NO5S. The number of thioether (sulfide) groups is 1. The second kappa shape index (κ2) is 3.47. The van der Waals surface area contributed by atoms with Gasteiger partial charge in [0.1, 0.15) is 4.91 Å². The summed E-state index contributed by atoms with van der Waals surface area (Å²) in [6.45, 7) is 0.858. The molecule has 0 aromatic heterocycles. The maximum absolute atomic E-state index is 11.4. The van der Waals surface area contributed by atoms with Gasteiger partial charge in [-0.3, -0.25) is 9.69 Å². The SMILES string of the molecule is O=C(O)C1=C(C2OCCO2)N2C(=O)C[C@H]2S1. The normalized spacial score (nSPS) is 29.6. The van der Waals surface area contributed by atoms with Crippen LogP contribution in [0.25, 0.3) is 0 Å². The third kappa shape index (κ3) is 1.28. The first-order valence-electron chi connectivity index (χ1n) is 4.88. The zero-order valence-electron chi connectivity index (χ0n) is 8.21. The summed E-state index contributed by atoms with van der Waals surface area (Å²) in [7, 11) is 0. The van der Waals surface area contributed by atoms with Crippen molar-refractivity contribution in [1.29, 1.82) is 0 Å². The molecule has 86 valence electrons. The van der Waals surface area contributed by atoms with E-state index in [0.29, 0.717) is 25.3 Å². The van der Waals surface area contributed by atoms with Crippen LogP contribution in [0.15, 0.2) is 10.6 Å². The molecule has 0 aliphatic carbocycles.